The van der Waals surface area contributed by atoms with Crippen LogP contribution in [0.3, 0.4) is 0 Å². The van der Waals surface area contributed by atoms with Crippen LogP contribution in [0.2, 0.25) is 0 Å². The van der Waals surface area contributed by atoms with Gasteiger partial charge < -0.3 is 15.0 Å². The van der Waals surface area contributed by atoms with Crippen molar-refractivity contribution in [2.75, 3.05) is 19.7 Å². The number of rotatable bonds is 8. The van der Waals surface area contributed by atoms with E-state index in [9.17, 15) is 27.6 Å². The summed E-state index contributed by atoms with van der Waals surface area (Å²) in [6.45, 7) is 0.831. The maximum atomic E-state index is 13.6. The Morgan fingerprint density at radius 3 is 2.21 bits per heavy atom. The van der Waals surface area contributed by atoms with E-state index in [0.717, 1.165) is 23.1 Å². The molecule has 6 nitrogen and oxygen atoms in total. The fourth-order valence-corrected chi connectivity index (χ4v) is 2.39. The molecule has 0 aromatic heterocycles. The van der Waals surface area contributed by atoms with E-state index in [0.29, 0.717) is 5.56 Å². The molecule has 0 unspecified atom stereocenters. The van der Waals surface area contributed by atoms with Crippen molar-refractivity contribution in [2.24, 2.45) is 0 Å². The second kappa shape index (κ2) is 10.3. The summed E-state index contributed by atoms with van der Waals surface area (Å²) in [4.78, 5) is 37.1. The Kier molecular flexibility index (Phi) is 7.76. The van der Waals surface area contributed by atoms with Gasteiger partial charge in [0, 0.05) is 13.1 Å². The molecule has 0 spiro atoms. The lowest BCUT2D eigenvalue weighted by atomic mass is 10.2. The smallest absolute Gasteiger partial charge is 0.344 e. The third kappa shape index (κ3) is 6.34. The molecule has 2 rings (SSSR count). The van der Waals surface area contributed by atoms with Gasteiger partial charge in [-0.15, -0.1) is 0 Å². The Hall–Kier alpha value is -3.36. The maximum Gasteiger partial charge on any atom is 0.344 e. The molecule has 2 amide bonds. The number of likely N-dealkylation sites (N-methyl/N-ethyl adjacent to an activating group) is 1. The van der Waals surface area contributed by atoms with Crippen LogP contribution in [0.5, 0.6) is 0 Å². The SMILES string of the molecule is CCN(CC(=O)NCc1ccc(F)cc1)C(=O)COC(=O)c1c(F)cccc1F. The Labute approximate surface area is 165 Å². The lowest BCUT2D eigenvalue weighted by Gasteiger charge is -2.20. The summed E-state index contributed by atoms with van der Waals surface area (Å²) in [7, 11) is 0. The Morgan fingerprint density at radius 1 is 1.00 bits per heavy atom. The van der Waals surface area contributed by atoms with Gasteiger partial charge in [-0.1, -0.05) is 18.2 Å². The quantitative estimate of drug-likeness (QED) is 0.681. The zero-order valence-electron chi connectivity index (χ0n) is 15.6. The number of carbonyl (C=O) groups is 3. The summed E-state index contributed by atoms with van der Waals surface area (Å²) in [6.07, 6.45) is 0. The summed E-state index contributed by atoms with van der Waals surface area (Å²) in [5.74, 6) is -5.09. The largest absolute Gasteiger partial charge is 0.452 e. The summed E-state index contributed by atoms with van der Waals surface area (Å²) in [6, 6.07) is 8.43. The number of esters is 1. The van der Waals surface area contributed by atoms with Crippen LogP contribution in [0.1, 0.15) is 22.8 Å². The van der Waals surface area contributed by atoms with Gasteiger partial charge in [-0.2, -0.15) is 0 Å². The second-order valence-electron chi connectivity index (χ2n) is 5.98. The number of halogens is 3. The molecule has 0 radical (unpaired) electrons. The first kappa shape index (κ1) is 21.9. The lowest BCUT2D eigenvalue weighted by Crippen LogP contribution is -2.42. The molecule has 9 heteroatoms. The van der Waals surface area contributed by atoms with Crippen molar-refractivity contribution < 1.29 is 32.3 Å². The van der Waals surface area contributed by atoms with Gasteiger partial charge in [0.1, 0.15) is 23.0 Å². The van der Waals surface area contributed by atoms with Crippen molar-refractivity contribution in [2.45, 2.75) is 13.5 Å². The minimum atomic E-state index is -1.31. The Balaban J connectivity index is 1.85. The number of nitrogens with one attached hydrogen (secondary N) is 1. The van der Waals surface area contributed by atoms with E-state index < -0.39 is 47.4 Å². The van der Waals surface area contributed by atoms with Crippen LogP contribution < -0.4 is 5.32 Å². The van der Waals surface area contributed by atoms with Gasteiger partial charge >= 0.3 is 5.97 Å². The molecule has 154 valence electrons. The van der Waals surface area contributed by atoms with Crippen LogP contribution in [0.25, 0.3) is 0 Å². The van der Waals surface area contributed by atoms with Crippen LogP contribution in [0, 0.1) is 17.5 Å². The minimum absolute atomic E-state index is 0.145. The molecule has 0 heterocycles. The van der Waals surface area contributed by atoms with Gasteiger partial charge in [-0.25, -0.2) is 18.0 Å². The molecule has 0 saturated carbocycles. The van der Waals surface area contributed by atoms with E-state index in [1.54, 1.807) is 6.92 Å². The van der Waals surface area contributed by atoms with Crippen molar-refractivity contribution in [3.63, 3.8) is 0 Å². The zero-order valence-corrected chi connectivity index (χ0v) is 15.6. The van der Waals surface area contributed by atoms with Crippen LogP contribution in [-0.2, 0) is 20.9 Å². The highest BCUT2D eigenvalue weighted by atomic mass is 19.1. The molecule has 0 saturated heterocycles. The first-order valence-electron chi connectivity index (χ1n) is 8.71. The number of benzene rings is 2. The Morgan fingerprint density at radius 2 is 1.62 bits per heavy atom. The van der Waals surface area contributed by atoms with Crippen LogP contribution in [0.15, 0.2) is 42.5 Å². The zero-order chi connectivity index (χ0) is 21.4. The average Bonchev–Trinajstić information content (AvgIpc) is 2.69. The highest BCUT2D eigenvalue weighted by molar-refractivity contribution is 5.92. The van der Waals surface area contributed by atoms with Gasteiger partial charge in [0.15, 0.2) is 6.61 Å². The van der Waals surface area contributed by atoms with Crippen LogP contribution in [0.4, 0.5) is 13.2 Å². The maximum absolute atomic E-state index is 13.6. The van der Waals surface area contributed by atoms with Crippen LogP contribution >= 0.6 is 0 Å². The third-order valence-corrected chi connectivity index (χ3v) is 3.97. The van der Waals surface area contributed by atoms with E-state index in [1.807, 2.05) is 0 Å². The van der Waals surface area contributed by atoms with E-state index >= 15 is 0 Å². The fraction of sp³-hybridized carbons (Fsp3) is 0.250. The molecule has 0 aliphatic carbocycles. The van der Waals surface area contributed by atoms with Crippen LogP contribution in [-0.4, -0.2) is 42.4 Å². The molecule has 0 fully saturated rings. The molecule has 2 aromatic rings. The third-order valence-electron chi connectivity index (χ3n) is 3.97. The average molecular weight is 408 g/mol. The normalized spacial score (nSPS) is 10.3. The van der Waals surface area contributed by atoms with Crippen molar-refractivity contribution in [1.82, 2.24) is 10.2 Å². The first-order valence-corrected chi connectivity index (χ1v) is 8.71. The minimum Gasteiger partial charge on any atom is -0.452 e. The first-order chi connectivity index (χ1) is 13.8. The highest BCUT2D eigenvalue weighted by Gasteiger charge is 2.22. The molecule has 0 aliphatic rings. The number of carbonyl (C=O) groups excluding carboxylic acids is 3. The predicted octanol–water partition coefficient (Wildman–Crippen LogP) is 2.43. The second-order valence-corrected chi connectivity index (χ2v) is 5.98. The number of amides is 2. The lowest BCUT2D eigenvalue weighted by molar-refractivity contribution is -0.138. The molecule has 29 heavy (non-hydrogen) atoms. The number of hydrogen-bond acceptors (Lipinski definition) is 4. The topological polar surface area (TPSA) is 75.7 Å². The van der Waals surface area contributed by atoms with E-state index in [1.165, 1.54) is 24.3 Å². The monoisotopic (exact) mass is 408 g/mol. The van der Waals surface area contributed by atoms with E-state index in [-0.39, 0.29) is 19.6 Å². The highest BCUT2D eigenvalue weighted by Crippen LogP contribution is 2.13. The van der Waals surface area contributed by atoms with Crippen molar-refractivity contribution in [3.8, 4) is 0 Å². The van der Waals surface area contributed by atoms with Gasteiger partial charge in [0.05, 0.1) is 6.54 Å². The van der Waals surface area contributed by atoms with Crippen molar-refractivity contribution in [3.05, 3.63) is 71.0 Å². The predicted molar refractivity (Wildman–Crippen MR) is 97.1 cm³/mol. The number of ether oxygens (including phenoxy) is 1. The fourth-order valence-electron chi connectivity index (χ4n) is 2.39. The Bertz CT molecular complexity index is 868. The van der Waals surface area contributed by atoms with Crippen molar-refractivity contribution in [1.29, 1.82) is 0 Å². The van der Waals surface area contributed by atoms with E-state index in [4.69, 9.17) is 0 Å². The van der Waals surface area contributed by atoms with Gasteiger partial charge in [0.2, 0.25) is 5.91 Å². The standard InChI is InChI=1S/C20H19F3N2O4/c1-2-25(11-17(26)24-10-13-6-8-14(21)9-7-13)18(27)12-29-20(28)19-15(22)4-3-5-16(19)23/h3-9H,2,10-12H2,1H3,(H,24,26). The molecular formula is C20H19F3N2O4. The molecular weight excluding hydrogens is 389 g/mol. The molecule has 0 aliphatic heterocycles. The van der Waals surface area contributed by atoms with E-state index in [2.05, 4.69) is 10.1 Å². The molecule has 0 bridgehead atoms. The molecule has 1 N–H and O–H groups in total. The molecule has 2 aromatic carbocycles. The summed E-state index contributed by atoms with van der Waals surface area (Å²) >= 11 is 0. The van der Waals surface area contributed by atoms with Gasteiger partial charge in [0.25, 0.3) is 5.91 Å². The van der Waals surface area contributed by atoms with Gasteiger partial charge in [-0.05, 0) is 36.8 Å². The number of nitrogens with zero attached hydrogens (tertiary/aromatic N) is 1. The summed E-state index contributed by atoms with van der Waals surface area (Å²) < 4.78 is 44.7. The summed E-state index contributed by atoms with van der Waals surface area (Å²) in [5, 5.41) is 2.58. The molecule has 0 atom stereocenters. The summed E-state index contributed by atoms with van der Waals surface area (Å²) in [5.41, 5.74) is -0.213. The van der Waals surface area contributed by atoms with Gasteiger partial charge in [-0.3, -0.25) is 9.59 Å². The van der Waals surface area contributed by atoms with Crippen molar-refractivity contribution >= 4 is 17.8 Å². The number of hydrogen-bond donors (Lipinski definition) is 1.